The Morgan fingerprint density at radius 1 is 1.16 bits per heavy atom. The van der Waals surface area contributed by atoms with Gasteiger partial charge in [0.2, 0.25) is 5.95 Å². The zero-order valence-electron chi connectivity index (χ0n) is 19.2. The number of aromatic amines is 1. The number of aromatic nitrogens is 4. The van der Waals surface area contributed by atoms with Gasteiger partial charge in [-0.3, -0.25) is 0 Å². The van der Waals surface area contributed by atoms with Crippen LogP contribution in [0.1, 0.15) is 17.3 Å². The normalized spacial score (nSPS) is 15.3. The number of nitrogens with two attached hydrogens (primary N) is 1. The smallest absolute Gasteiger partial charge is 0.490 e. The number of carbonyl (C=O) groups is 1. The van der Waals surface area contributed by atoms with Gasteiger partial charge >= 0.3 is 12.1 Å². The largest absolute Gasteiger partial charge is 0.493 e. The van der Waals surface area contributed by atoms with E-state index in [1.165, 1.54) is 6.26 Å². The number of ether oxygens (including phenoxy) is 1. The number of alkyl halides is 3. The van der Waals surface area contributed by atoms with Gasteiger partial charge in [0.1, 0.15) is 11.6 Å². The number of fused-ring (bicyclic) bond motifs is 2. The molecule has 2 aromatic carbocycles. The average molecular weight is 536 g/mol. The van der Waals surface area contributed by atoms with Crippen molar-refractivity contribution in [3.8, 4) is 17.0 Å². The molecule has 0 fully saturated rings. The second-order valence-corrected chi connectivity index (χ2v) is 10.2. The van der Waals surface area contributed by atoms with Gasteiger partial charge in [0.05, 0.1) is 34.1 Å². The summed E-state index contributed by atoms with van der Waals surface area (Å²) in [6, 6.07) is 12.7. The molecule has 10 nitrogen and oxygen atoms in total. The second-order valence-electron chi connectivity index (χ2n) is 8.21. The number of imidazole rings is 1. The number of halogens is 3. The molecule has 0 radical (unpaired) electrons. The molecule has 0 saturated heterocycles. The molecule has 3 heterocycles. The van der Waals surface area contributed by atoms with Crippen LogP contribution >= 0.6 is 0 Å². The third-order valence-corrected chi connectivity index (χ3v) is 6.58. The summed E-state index contributed by atoms with van der Waals surface area (Å²) in [6.45, 7) is 0.473. The number of benzene rings is 2. The lowest BCUT2D eigenvalue weighted by molar-refractivity contribution is -0.192. The summed E-state index contributed by atoms with van der Waals surface area (Å²) in [5.41, 5.74) is 9.94. The van der Waals surface area contributed by atoms with Crippen LogP contribution in [0.2, 0.25) is 0 Å². The van der Waals surface area contributed by atoms with Gasteiger partial charge in [-0.1, -0.05) is 6.07 Å². The van der Waals surface area contributed by atoms with Gasteiger partial charge in [-0.25, -0.2) is 28.2 Å². The van der Waals surface area contributed by atoms with Crippen LogP contribution < -0.4 is 10.5 Å². The number of sulfone groups is 1. The summed E-state index contributed by atoms with van der Waals surface area (Å²) in [5, 5.41) is 7.12. The zero-order chi connectivity index (χ0) is 27.0. The van der Waals surface area contributed by atoms with Gasteiger partial charge in [0.15, 0.2) is 9.84 Å². The predicted molar refractivity (Wildman–Crippen MR) is 127 cm³/mol. The number of carboxylic acids is 1. The highest BCUT2D eigenvalue weighted by Gasteiger charge is 2.38. The molecule has 194 valence electrons. The molecule has 0 amide bonds. The Bertz CT molecular complexity index is 1590. The van der Waals surface area contributed by atoms with Crippen molar-refractivity contribution in [2.75, 3.05) is 18.6 Å². The minimum absolute atomic E-state index is 0.00199. The lowest BCUT2D eigenvalue weighted by Crippen LogP contribution is -2.21. The topological polar surface area (TPSA) is 161 Å². The van der Waals surface area contributed by atoms with Crippen molar-refractivity contribution in [1.82, 2.24) is 19.9 Å². The highest BCUT2D eigenvalue weighted by molar-refractivity contribution is 7.90. The first-order valence-corrected chi connectivity index (χ1v) is 12.5. The SMILES string of the molecule is CS(=O)(=O)c1ccc2c(c1)CC(c1nc3ccc(-c4ccnc(N)n4)cc3[nH]1)CO2.O=C(O)C(F)(F)F. The molecular formula is C23H20F3N5O5S. The number of carboxylic acid groups (broad SMARTS) is 1. The molecule has 0 bridgehead atoms. The molecule has 0 aliphatic carbocycles. The Morgan fingerprint density at radius 2 is 1.89 bits per heavy atom. The molecular weight excluding hydrogens is 515 g/mol. The quantitative estimate of drug-likeness (QED) is 0.357. The molecule has 0 spiro atoms. The molecule has 1 aliphatic rings. The summed E-state index contributed by atoms with van der Waals surface area (Å²) < 4.78 is 61.4. The number of nitrogens with one attached hydrogen (secondary N) is 1. The summed E-state index contributed by atoms with van der Waals surface area (Å²) in [5.74, 6) is -1.01. The van der Waals surface area contributed by atoms with E-state index in [1.54, 1.807) is 30.5 Å². The van der Waals surface area contributed by atoms with E-state index in [2.05, 4.69) is 15.0 Å². The molecule has 1 aliphatic heterocycles. The monoisotopic (exact) mass is 535 g/mol. The van der Waals surface area contributed by atoms with E-state index in [0.717, 1.165) is 39.4 Å². The molecule has 37 heavy (non-hydrogen) atoms. The zero-order valence-corrected chi connectivity index (χ0v) is 20.0. The van der Waals surface area contributed by atoms with Crippen molar-refractivity contribution in [3.05, 3.63) is 60.0 Å². The van der Waals surface area contributed by atoms with Gasteiger partial charge in [-0.15, -0.1) is 0 Å². The van der Waals surface area contributed by atoms with E-state index in [4.69, 9.17) is 25.4 Å². The Labute approximate surface area is 208 Å². The first kappa shape index (κ1) is 25.9. The molecule has 2 aromatic heterocycles. The summed E-state index contributed by atoms with van der Waals surface area (Å²) in [7, 11) is -3.27. The molecule has 1 atom stereocenters. The van der Waals surface area contributed by atoms with Crippen LogP contribution in [0, 0.1) is 0 Å². The van der Waals surface area contributed by atoms with E-state index in [9.17, 15) is 21.6 Å². The van der Waals surface area contributed by atoms with Gasteiger partial charge in [0.25, 0.3) is 0 Å². The molecule has 5 rings (SSSR count). The molecule has 4 aromatic rings. The molecule has 1 unspecified atom stereocenters. The van der Waals surface area contributed by atoms with Crippen LogP contribution in [-0.4, -0.2) is 58.5 Å². The van der Waals surface area contributed by atoms with Crippen molar-refractivity contribution in [3.63, 3.8) is 0 Å². The number of nitrogens with zero attached hydrogens (tertiary/aromatic N) is 3. The summed E-state index contributed by atoms with van der Waals surface area (Å²) >= 11 is 0. The van der Waals surface area contributed by atoms with Gasteiger partial charge in [0, 0.05) is 18.0 Å². The van der Waals surface area contributed by atoms with Crippen LogP contribution in [0.4, 0.5) is 19.1 Å². The fourth-order valence-electron chi connectivity index (χ4n) is 3.69. The molecule has 0 saturated carbocycles. The third-order valence-electron chi connectivity index (χ3n) is 5.47. The summed E-state index contributed by atoms with van der Waals surface area (Å²) in [4.78, 5) is 25.5. The number of hydrogen-bond donors (Lipinski definition) is 3. The van der Waals surface area contributed by atoms with E-state index in [0.29, 0.717) is 17.9 Å². The Balaban J connectivity index is 0.000000405. The van der Waals surface area contributed by atoms with Crippen LogP contribution in [0.25, 0.3) is 22.3 Å². The fraction of sp³-hybridized carbons (Fsp3) is 0.217. The van der Waals surface area contributed by atoms with E-state index in [1.807, 2.05) is 18.2 Å². The standard InChI is InChI=1S/C21H19N5O3S.C2HF3O2/c1-30(27,28)15-3-5-19-13(9-15)8-14(11-29-19)20-24-17-4-2-12(10-18(17)25-20)16-6-7-23-21(22)26-16;3-2(4,5)1(6)7/h2-7,9-10,14H,8,11H2,1H3,(H,24,25)(H2,22,23,26);(H,6,7). The Kier molecular flexibility index (Phi) is 6.78. The first-order chi connectivity index (χ1) is 17.3. The average Bonchev–Trinajstić information content (AvgIpc) is 3.26. The minimum Gasteiger partial charge on any atom is -0.493 e. The van der Waals surface area contributed by atoms with Crippen LogP contribution in [0.15, 0.2) is 53.6 Å². The number of rotatable bonds is 3. The van der Waals surface area contributed by atoms with Gasteiger partial charge in [-0.2, -0.15) is 13.2 Å². The van der Waals surface area contributed by atoms with Crippen molar-refractivity contribution in [2.45, 2.75) is 23.4 Å². The second kappa shape index (κ2) is 9.69. The van der Waals surface area contributed by atoms with Gasteiger partial charge < -0.3 is 20.6 Å². The Morgan fingerprint density at radius 3 is 2.54 bits per heavy atom. The first-order valence-electron chi connectivity index (χ1n) is 10.7. The number of hydrogen-bond acceptors (Lipinski definition) is 8. The maximum Gasteiger partial charge on any atom is 0.490 e. The van der Waals surface area contributed by atoms with Crippen molar-refractivity contribution < 1.29 is 36.2 Å². The number of aliphatic carboxylic acids is 1. The number of anilines is 1. The minimum atomic E-state index is -5.08. The predicted octanol–water partition coefficient (Wildman–Crippen LogP) is 3.36. The van der Waals surface area contributed by atoms with Crippen LogP contribution in [-0.2, 0) is 21.1 Å². The van der Waals surface area contributed by atoms with E-state index >= 15 is 0 Å². The molecule has 14 heteroatoms. The lowest BCUT2D eigenvalue weighted by atomic mass is 9.96. The third kappa shape index (κ3) is 5.97. The van der Waals surface area contributed by atoms with Crippen LogP contribution in [0.5, 0.6) is 5.75 Å². The lowest BCUT2D eigenvalue weighted by Gasteiger charge is -2.24. The van der Waals surface area contributed by atoms with Crippen LogP contribution in [0.3, 0.4) is 0 Å². The summed E-state index contributed by atoms with van der Waals surface area (Å²) in [6.07, 6.45) is -1.60. The number of nitrogen functional groups attached to an aromatic ring is 1. The van der Waals surface area contributed by atoms with Gasteiger partial charge in [-0.05, 0) is 48.4 Å². The molecule has 4 N–H and O–H groups in total. The van der Waals surface area contributed by atoms with Crippen molar-refractivity contribution in [1.29, 1.82) is 0 Å². The maximum atomic E-state index is 11.9. The Hall–Kier alpha value is -4.20. The van der Waals surface area contributed by atoms with Crippen molar-refractivity contribution in [2.24, 2.45) is 0 Å². The van der Waals surface area contributed by atoms with E-state index in [-0.39, 0.29) is 11.9 Å². The highest BCUT2D eigenvalue weighted by atomic mass is 32.2. The maximum absolute atomic E-state index is 11.9. The van der Waals surface area contributed by atoms with Crippen molar-refractivity contribution >= 4 is 32.8 Å². The number of H-pyrrole nitrogens is 1. The fourth-order valence-corrected chi connectivity index (χ4v) is 4.37. The van der Waals surface area contributed by atoms with E-state index < -0.39 is 22.0 Å². The highest BCUT2D eigenvalue weighted by Crippen LogP contribution is 2.34.